The molecule has 2 aliphatic rings. The van der Waals surface area contributed by atoms with Crippen molar-refractivity contribution in [1.82, 2.24) is 9.21 Å². The van der Waals surface area contributed by atoms with Gasteiger partial charge in [-0.1, -0.05) is 25.0 Å². The van der Waals surface area contributed by atoms with E-state index in [9.17, 15) is 13.2 Å². The number of benzene rings is 2. The smallest absolute Gasteiger partial charge is 0.254 e. The molecule has 0 aliphatic carbocycles. The Labute approximate surface area is 196 Å². The zero-order valence-electron chi connectivity index (χ0n) is 19.3. The van der Waals surface area contributed by atoms with Crippen molar-refractivity contribution in [3.05, 3.63) is 53.6 Å². The Hall–Kier alpha value is -2.58. The summed E-state index contributed by atoms with van der Waals surface area (Å²) in [7, 11) is -0.639. The van der Waals surface area contributed by atoms with E-state index >= 15 is 0 Å². The molecule has 0 saturated carbocycles. The Bertz CT molecular complexity index is 1080. The summed E-state index contributed by atoms with van der Waals surface area (Å²) >= 11 is 0. The molecule has 0 radical (unpaired) electrons. The van der Waals surface area contributed by atoms with Crippen LogP contribution in [0.5, 0.6) is 11.5 Å². The number of carbonyl (C=O) groups is 1. The summed E-state index contributed by atoms with van der Waals surface area (Å²) in [6, 6.07) is 12.5. The molecule has 0 spiro atoms. The van der Waals surface area contributed by atoms with Gasteiger partial charge in [0.1, 0.15) is 16.4 Å². The summed E-state index contributed by atoms with van der Waals surface area (Å²) in [6.07, 6.45) is 5.58. The number of hydrogen-bond acceptors (Lipinski definition) is 5. The highest BCUT2D eigenvalue weighted by Crippen LogP contribution is 2.34. The second-order valence-electron chi connectivity index (χ2n) is 8.61. The molecule has 4 rings (SSSR count). The van der Waals surface area contributed by atoms with E-state index in [1.165, 1.54) is 17.5 Å². The molecule has 0 aromatic heterocycles. The van der Waals surface area contributed by atoms with E-state index in [0.717, 1.165) is 49.8 Å². The van der Waals surface area contributed by atoms with Crippen LogP contribution in [0.4, 0.5) is 0 Å². The minimum atomic E-state index is -3.73. The van der Waals surface area contributed by atoms with Gasteiger partial charge in [0, 0.05) is 25.2 Å². The van der Waals surface area contributed by atoms with Crippen molar-refractivity contribution in [2.75, 3.05) is 33.9 Å². The van der Waals surface area contributed by atoms with Crippen LogP contribution < -0.4 is 9.47 Å². The van der Waals surface area contributed by atoms with Gasteiger partial charge < -0.3 is 14.4 Å². The Morgan fingerprint density at radius 2 is 1.58 bits per heavy atom. The number of methoxy groups -OCH3 is 2. The van der Waals surface area contributed by atoms with Crippen LogP contribution >= 0.6 is 0 Å². The molecule has 8 heteroatoms. The molecule has 2 heterocycles. The minimum Gasteiger partial charge on any atom is -0.497 e. The highest BCUT2D eigenvalue weighted by atomic mass is 32.2. The van der Waals surface area contributed by atoms with E-state index in [2.05, 4.69) is 0 Å². The van der Waals surface area contributed by atoms with E-state index in [1.807, 2.05) is 29.2 Å². The fourth-order valence-corrected chi connectivity index (χ4v) is 6.47. The van der Waals surface area contributed by atoms with E-state index in [1.54, 1.807) is 19.2 Å². The summed E-state index contributed by atoms with van der Waals surface area (Å²) in [5.41, 5.74) is 1.43. The zero-order chi connectivity index (χ0) is 23.4. The van der Waals surface area contributed by atoms with Gasteiger partial charge in [-0.25, -0.2) is 8.42 Å². The van der Waals surface area contributed by atoms with Crippen molar-refractivity contribution in [3.8, 4) is 11.5 Å². The number of carbonyl (C=O) groups excluding carboxylic acids is 1. The largest absolute Gasteiger partial charge is 0.497 e. The summed E-state index contributed by atoms with van der Waals surface area (Å²) in [4.78, 5) is 15.7. The van der Waals surface area contributed by atoms with Gasteiger partial charge in [0.25, 0.3) is 5.91 Å². The topological polar surface area (TPSA) is 76.1 Å². The van der Waals surface area contributed by atoms with E-state index < -0.39 is 10.0 Å². The van der Waals surface area contributed by atoms with Crippen LogP contribution in [-0.2, 0) is 10.0 Å². The number of amides is 1. The Kier molecular flexibility index (Phi) is 7.24. The highest BCUT2D eigenvalue weighted by molar-refractivity contribution is 7.89. The molecule has 7 nitrogen and oxygen atoms in total. The van der Waals surface area contributed by atoms with Crippen LogP contribution in [-0.4, -0.2) is 57.4 Å². The molecular weight excluding hydrogens is 440 g/mol. The molecule has 2 fully saturated rings. The quantitative estimate of drug-likeness (QED) is 0.628. The van der Waals surface area contributed by atoms with Crippen LogP contribution in [0.3, 0.4) is 0 Å². The molecule has 1 unspecified atom stereocenters. The maximum Gasteiger partial charge on any atom is 0.254 e. The van der Waals surface area contributed by atoms with Crippen molar-refractivity contribution < 1.29 is 22.7 Å². The first kappa shape index (κ1) is 23.6. The molecular formula is C25H32N2O5S. The van der Waals surface area contributed by atoms with Crippen LogP contribution in [0, 0.1) is 0 Å². The van der Waals surface area contributed by atoms with Gasteiger partial charge in [-0.15, -0.1) is 0 Å². The summed E-state index contributed by atoms with van der Waals surface area (Å²) in [5.74, 6) is 0.886. The molecule has 2 aromatic carbocycles. The van der Waals surface area contributed by atoms with Gasteiger partial charge in [-0.05, 0) is 61.6 Å². The van der Waals surface area contributed by atoms with Gasteiger partial charge in [0.2, 0.25) is 10.0 Å². The van der Waals surface area contributed by atoms with Crippen LogP contribution in [0.15, 0.2) is 47.4 Å². The van der Waals surface area contributed by atoms with Crippen LogP contribution in [0.25, 0.3) is 0 Å². The third-order valence-corrected chi connectivity index (χ3v) is 8.53. The fourth-order valence-electron chi connectivity index (χ4n) is 4.77. The number of nitrogens with zero attached hydrogens (tertiary/aromatic N) is 2. The Balaban J connectivity index is 1.68. The SMILES string of the molecule is COc1ccc(C2CCCCCN2C(=O)c2ccc(OC)c(S(=O)(=O)N3CCCC3)c2)cc1. The number of rotatable bonds is 6. The average Bonchev–Trinajstić information content (AvgIpc) is 3.29. The standard InChI is InChI=1S/C25H32N2O5S/c1-31-21-12-9-19(10-13-21)22-8-4-3-5-17-27(22)25(28)20-11-14-23(32-2)24(18-20)33(29,30)26-15-6-7-16-26/h9-14,18,22H,3-8,15-17H2,1-2H3. The lowest BCUT2D eigenvalue weighted by Gasteiger charge is -2.31. The molecule has 2 aromatic rings. The first-order chi connectivity index (χ1) is 16.0. The lowest BCUT2D eigenvalue weighted by molar-refractivity contribution is 0.0680. The van der Waals surface area contributed by atoms with E-state index in [-0.39, 0.29) is 22.6 Å². The predicted molar refractivity (Wildman–Crippen MR) is 126 cm³/mol. The third-order valence-electron chi connectivity index (χ3n) is 6.61. The maximum absolute atomic E-state index is 13.7. The molecule has 1 amide bonds. The van der Waals surface area contributed by atoms with Gasteiger partial charge >= 0.3 is 0 Å². The molecule has 0 bridgehead atoms. The van der Waals surface area contributed by atoms with Gasteiger partial charge in [0.05, 0.1) is 20.3 Å². The van der Waals surface area contributed by atoms with Gasteiger partial charge in [-0.2, -0.15) is 4.31 Å². The van der Waals surface area contributed by atoms with Crippen LogP contribution in [0.2, 0.25) is 0 Å². The van der Waals surface area contributed by atoms with E-state index in [0.29, 0.717) is 25.2 Å². The summed E-state index contributed by atoms with van der Waals surface area (Å²) in [5, 5.41) is 0. The minimum absolute atomic E-state index is 0.0633. The van der Waals surface area contributed by atoms with Crippen molar-refractivity contribution in [1.29, 1.82) is 0 Å². The Morgan fingerprint density at radius 3 is 2.24 bits per heavy atom. The zero-order valence-corrected chi connectivity index (χ0v) is 20.1. The number of sulfonamides is 1. The first-order valence-electron chi connectivity index (χ1n) is 11.6. The molecule has 1 atom stereocenters. The van der Waals surface area contributed by atoms with Crippen molar-refractivity contribution in [2.45, 2.75) is 49.5 Å². The molecule has 178 valence electrons. The maximum atomic E-state index is 13.7. The molecule has 2 saturated heterocycles. The molecule has 2 aliphatic heterocycles. The number of likely N-dealkylation sites (tertiary alicyclic amines) is 1. The van der Waals surface area contributed by atoms with Crippen molar-refractivity contribution in [2.24, 2.45) is 0 Å². The first-order valence-corrected chi connectivity index (χ1v) is 13.0. The molecule has 33 heavy (non-hydrogen) atoms. The van der Waals surface area contributed by atoms with Crippen molar-refractivity contribution in [3.63, 3.8) is 0 Å². The normalized spacial score (nSPS) is 19.8. The summed E-state index contributed by atoms with van der Waals surface area (Å²) in [6.45, 7) is 1.63. The average molecular weight is 473 g/mol. The molecule has 0 N–H and O–H groups in total. The number of ether oxygens (including phenoxy) is 2. The predicted octanol–water partition coefficient (Wildman–Crippen LogP) is 4.25. The van der Waals surface area contributed by atoms with Crippen LogP contribution in [0.1, 0.15) is 60.5 Å². The third kappa shape index (κ3) is 4.87. The monoisotopic (exact) mass is 472 g/mol. The second kappa shape index (κ2) is 10.1. The van der Waals surface area contributed by atoms with E-state index in [4.69, 9.17) is 9.47 Å². The van der Waals surface area contributed by atoms with Gasteiger partial charge in [0.15, 0.2) is 0 Å². The second-order valence-corrected chi connectivity index (χ2v) is 10.5. The lowest BCUT2D eigenvalue weighted by Crippen LogP contribution is -2.35. The Morgan fingerprint density at radius 1 is 0.879 bits per heavy atom. The van der Waals surface area contributed by atoms with Gasteiger partial charge in [-0.3, -0.25) is 4.79 Å². The van der Waals surface area contributed by atoms with Crippen molar-refractivity contribution >= 4 is 15.9 Å². The fraction of sp³-hybridized carbons (Fsp3) is 0.480. The lowest BCUT2D eigenvalue weighted by atomic mass is 10.00. The summed E-state index contributed by atoms with van der Waals surface area (Å²) < 4.78 is 38.7. The number of hydrogen-bond donors (Lipinski definition) is 0. The highest BCUT2D eigenvalue weighted by Gasteiger charge is 2.32.